The van der Waals surface area contributed by atoms with Crippen LogP contribution in [0.4, 0.5) is 0 Å². The summed E-state index contributed by atoms with van der Waals surface area (Å²) in [5, 5.41) is 4.74. The summed E-state index contributed by atoms with van der Waals surface area (Å²) in [6, 6.07) is 10.9. The van der Waals surface area contributed by atoms with Crippen molar-refractivity contribution >= 4 is 0 Å². The van der Waals surface area contributed by atoms with Crippen LogP contribution in [0.1, 0.15) is 57.5 Å². The second kappa shape index (κ2) is 4.84. The van der Waals surface area contributed by atoms with Gasteiger partial charge >= 0.3 is 0 Å². The average molecular weight is 256 g/mol. The van der Waals surface area contributed by atoms with Crippen molar-refractivity contribution in [3.8, 4) is 5.69 Å². The zero-order valence-electron chi connectivity index (χ0n) is 12.9. The van der Waals surface area contributed by atoms with Crippen LogP contribution in [0.2, 0.25) is 0 Å². The molecule has 2 aromatic rings. The molecule has 0 aliphatic rings. The van der Waals surface area contributed by atoms with Gasteiger partial charge in [0, 0.05) is 11.1 Å². The molecular weight excluding hydrogens is 232 g/mol. The van der Waals surface area contributed by atoms with Crippen molar-refractivity contribution in [1.82, 2.24) is 9.78 Å². The molecular formula is C17H24N2. The van der Waals surface area contributed by atoms with Crippen molar-refractivity contribution < 1.29 is 0 Å². The molecule has 0 amide bonds. The van der Waals surface area contributed by atoms with E-state index in [1.165, 1.54) is 11.3 Å². The van der Waals surface area contributed by atoms with Gasteiger partial charge in [-0.15, -0.1) is 0 Å². The normalized spacial score (nSPS) is 12.2. The molecule has 1 aromatic heterocycles. The van der Waals surface area contributed by atoms with Gasteiger partial charge in [-0.2, -0.15) is 5.10 Å². The Balaban J connectivity index is 2.39. The fourth-order valence-corrected chi connectivity index (χ4v) is 2.10. The second-order valence-electron chi connectivity index (χ2n) is 6.58. The highest BCUT2D eigenvalue weighted by atomic mass is 15.3. The number of hydrogen-bond donors (Lipinski definition) is 0. The van der Waals surface area contributed by atoms with Gasteiger partial charge in [0.15, 0.2) is 0 Å². The summed E-state index contributed by atoms with van der Waals surface area (Å²) in [6.45, 7) is 13.1. The molecule has 0 unspecified atom stereocenters. The van der Waals surface area contributed by atoms with Crippen LogP contribution >= 0.6 is 0 Å². The standard InChI is InChI=1S/C17H24N2/c1-12(2)14-7-9-15(10-8-14)19-13(3)11-16(18-19)17(4,5)6/h7-12H,1-6H3. The smallest absolute Gasteiger partial charge is 0.0685 e. The Morgan fingerprint density at radius 2 is 1.63 bits per heavy atom. The van der Waals surface area contributed by atoms with Crippen molar-refractivity contribution in [3.63, 3.8) is 0 Å². The van der Waals surface area contributed by atoms with E-state index in [2.05, 4.69) is 71.9 Å². The zero-order chi connectivity index (χ0) is 14.2. The summed E-state index contributed by atoms with van der Waals surface area (Å²) >= 11 is 0. The lowest BCUT2D eigenvalue weighted by atomic mass is 9.92. The minimum atomic E-state index is 0.0912. The molecule has 0 aliphatic carbocycles. The topological polar surface area (TPSA) is 17.8 Å². The zero-order valence-corrected chi connectivity index (χ0v) is 12.9. The number of benzene rings is 1. The number of hydrogen-bond acceptors (Lipinski definition) is 1. The van der Waals surface area contributed by atoms with Crippen LogP contribution in [0.25, 0.3) is 5.69 Å². The van der Waals surface area contributed by atoms with Gasteiger partial charge in [0.05, 0.1) is 11.4 Å². The molecule has 0 radical (unpaired) electrons. The Morgan fingerprint density at radius 1 is 1.05 bits per heavy atom. The molecule has 0 aliphatic heterocycles. The molecule has 0 bridgehead atoms. The van der Waals surface area contributed by atoms with E-state index in [1.54, 1.807) is 0 Å². The molecule has 0 fully saturated rings. The first-order chi connectivity index (χ1) is 8.79. The third kappa shape index (κ3) is 2.89. The predicted molar refractivity (Wildman–Crippen MR) is 81.1 cm³/mol. The minimum Gasteiger partial charge on any atom is -0.238 e. The van der Waals surface area contributed by atoms with E-state index < -0.39 is 0 Å². The van der Waals surface area contributed by atoms with E-state index in [9.17, 15) is 0 Å². The maximum Gasteiger partial charge on any atom is 0.0685 e. The molecule has 1 aromatic carbocycles. The highest BCUT2D eigenvalue weighted by Crippen LogP contribution is 2.24. The predicted octanol–water partition coefficient (Wildman–Crippen LogP) is 4.60. The number of rotatable bonds is 2. The van der Waals surface area contributed by atoms with Crippen molar-refractivity contribution in [3.05, 3.63) is 47.3 Å². The summed E-state index contributed by atoms with van der Waals surface area (Å²) in [7, 11) is 0. The molecule has 0 spiro atoms. The van der Waals surface area contributed by atoms with E-state index in [4.69, 9.17) is 5.10 Å². The van der Waals surface area contributed by atoms with Gasteiger partial charge in [0.25, 0.3) is 0 Å². The van der Waals surface area contributed by atoms with Crippen molar-refractivity contribution in [1.29, 1.82) is 0 Å². The Kier molecular flexibility index (Phi) is 3.53. The summed E-state index contributed by atoms with van der Waals surface area (Å²) in [4.78, 5) is 0. The van der Waals surface area contributed by atoms with E-state index >= 15 is 0 Å². The van der Waals surface area contributed by atoms with E-state index in [-0.39, 0.29) is 5.41 Å². The maximum absolute atomic E-state index is 4.74. The lowest BCUT2D eigenvalue weighted by Gasteiger charge is -2.14. The molecule has 19 heavy (non-hydrogen) atoms. The highest BCUT2D eigenvalue weighted by molar-refractivity contribution is 5.37. The Hall–Kier alpha value is -1.57. The summed E-state index contributed by atoms with van der Waals surface area (Å²) in [5.41, 5.74) is 4.91. The third-order valence-corrected chi connectivity index (χ3v) is 3.46. The highest BCUT2D eigenvalue weighted by Gasteiger charge is 2.18. The molecule has 2 rings (SSSR count). The monoisotopic (exact) mass is 256 g/mol. The van der Waals surface area contributed by atoms with Gasteiger partial charge in [-0.05, 0) is 36.6 Å². The first kappa shape index (κ1) is 13.9. The molecule has 0 saturated heterocycles. The van der Waals surface area contributed by atoms with Crippen LogP contribution in [0.3, 0.4) is 0 Å². The van der Waals surface area contributed by atoms with Crippen LogP contribution in [-0.4, -0.2) is 9.78 Å². The van der Waals surface area contributed by atoms with E-state index in [0.717, 1.165) is 11.4 Å². The lowest BCUT2D eigenvalue weighted by Crippen LogP contribution is -2.12. The molecule has 0 atom stereocenters. The average Bonchev–Trinajstić information content (AvgIpc) is 2.71. The number of nitrogens with zero attached hydrogens (tertiary/aromatic N) is 2. The number of aryl methyl sites for hydroxylation is 1. The minimum absolute atomic E-state index is 0.0912. The molecule has 0 N–H and O–H groups in total. The largest absolute Gasteiger partial charge is 0.238 e. The Morgan fingerprint density at radius 3 is 2.05 bits per heavy atom. The van der Waals surface area contributed by atoms with Crippen LogP contribution in [-0.2, 0) is 5.41 Å². The van der Waals surface area contributed by atoms with Crippen molar-refractivity contribution in [2.45, 2.75) is 52.9 Å². The van der Waals surface area contributed by atoms with Gasteiger partial charge in [-0.3, -0.25) is 0 Å². The Bertz CT molecular complexity index is 554. The maximum atomic E-state index is 4.74. The van der Waals surface area contributed by atoms with Crippen LogP contribution in [0, 0.1) is 6.92 Å². The summed E-state index contributed by atoms with van der Waals surface area (Å²) < 4.78 is 2.03. The van der Waals surface area contributed by atoms with Crippen LogP contribution in [0.5, 0.6) is 0 Å². The molecule has 2 nitrogen and oxygen atoms in total. The molecule has 1 heterocycles. The number of aromatic nitrogens is 2. The van der Waals surface area contributed by atoms with Gasteiger partial charge in [-0.1, -0.05) is 46.8 Å². The van der Waals surface area contributed by atoms with Crippen LogP contribution in [0.15, 0.2) is 30.3 Å². The van der Waals surface area contributed by atoms with Gasteiger partial charge in [-0.25, -0.2) is 4.68 Å². The van der Waals surface area contributed by atoms with E-state index in [0.29, 0.717) is 5.92 Å². The lowest BCUT2D eigenvalue weighted by molar-refractivity contribution is 0.560. The van der Waals surface area contributed by atoms with Crippen LogP contribution < -0.4 is 0 Å². The summed E-state index contributed by atoms with van der Waals surface area (Å²) in [6.07, 6.45) is 0. The van der Waals surface area contributed by atoms with Gasteiger partial charge in [0.2, 0.25) is 0 Å². The quantitative estimate of drug-likeness (QED) is 0.767. The second-order valence-corrected chi connectivity index (χ2v) is 6.58. The third-order valence-electron chi connectivity index (χ3n) is 3.46. The summed E-state index contributed by atoms with van der Waals surface area (Å²) in [5.74, 6) is 0.568. The molecule has 2 heteroatoms. The first-order valence-corrected chi connectivity index (χ1v) is 6.96. The fraction of sp³-hybridized carbons (Fsp3) is 0.471. The first-order valence-electron chi connectivity index (χ1n) is 6.96. The van der Waals surface area contributed by atoms with Gasteiger partial charge < -0.3 is 0 Å². The SMILES string of the molecule is Cc1cc(C(C)(C)C)nn1-c1ccc(C(C)C)cc1. The van der Waals surface area contributed by atoms with Gasteiger partial charge in [0.1, 0.15) is 0 Å². The molecule has 102 valence electrons. The molecule has 0 saturated carbocycles. The Labute approximate surface area is 116 Å². The van der Waals surface area contributed by atoms with Crippen molar-refractivity contribution in [2.75, 3.05) is 0 Å². The van der Waals surface area contributed by atoms with E-state index in [1.807, 2.05) is 4.68 Å². The van der Waals surface area contributed by atoms with Crippen molar-refractivity contribution in [2.24, 2.45) is 0 Å². The fourth-order valence-electron chi connectivity index (χ4n) is 2.10.